The van der Waals surface area contributed by atoms with E-state index in [0.717, 1.165) is 5.39 Å². The summed E-state index contributed by atoms with van der Waals surface area (Å²) in [4.78, 5) is 16.1. The molecule has 126 valence electrons. The van der Waals surface area contributed by atoms with Gasteiger partial charge in [0.15, 0.2) is 5.75 Å². The van der Waals surface area contributed by atoms with Crippen LogP contribution in [0.3, 0.4) is 0 Å². The van der Waals surface area contributed by atoms with Gasteiger partial charge in [0.25, 0.3) is 0 Å². The molecule has 3 rings (SSSR count). The van der Waals surface area contributed by atoms with E-state index in [2.05, 4.69) is 4.98 Å². The molecule has 0 aliphatic rings. The van der Waals surface area contributed by atoms with Gasteiger partial charge in [-0.15, -0.1) is 0 Å². The predicted octanol–water partition coefficient (Wildman–Crippen LogP) is 5.51. The molecule has 1 aromatic heterocycles. The molecule has 0 amide bonds. The second kappa shape index (κ2) is 7.45. The lowest BCUT2D eigenvalue weighted by Gasteiger charge is -2.07. The summed E-state index contributed by atoms with van der Waals surface area (Å²) in [5, 5.41) is 1.18. The summed E-state index contributed by atoms with van der Waals surface area (Å²) < 4.78 is 19.2. The molecule has 0 spiro atoms. The van der Waals surface area contributed by atoms with E-state index in [1.165, 1.54) is 6.07 Å². The number of halogens is 2. The average molecular weight is 356 g/mol. The highest BCUT2D eigenvalue weighted by atomic mass is 35.5. The van der Waals surface area contributed by atoms with Gasteiger partial charge in [0.05, 0.1) is 10.7 Å². The van der Waals surface area contributed by atoms with Gasteiger partial charge in [-0.3, -0.25) is 4.79 Å². The Kier molecular flexibility index (Phi) is 5.10. The number of aromatic nitrogens is 1. The first-order valence-corrected chi connectivity index (χ1v) is 8.19. The van der Waals surface area contributed by atoms with Crippen LogP contribution in [-0.4, -0.2) is 11.0 Å². The molecule has 3 aromatic rings. The standard InChI is InChI=1S/C20H15ClFNO2/c1-2-19(24)25-18-8-3-5-13-9-10-14(23-20(13)18)11-12-15-16(21)6-4-7-17(15)22/h3-12H,2H2,1H3. The monoisotopic (exact) mass is 355 g/mol. The Balaban J connectivity index is 1.99. The van der Waals surface area contributed by atoms with Crippen molar-refractivity contribution in [3.05, 3.63) is 70.6 Å². The van der Waals surface area contributed by atoms with Crippen LogP contribution in [0.2, 0.25) is 5.02 Å². The molecule has 25 heavy (non-hydrogen) atoms. The van der Waals surface area contributed by atoms with E-state index in [-0.39, 0.29) is 12.4 Å². The molecular formula is C20H15ClFNO2. The van der Waals surface area contributed by atoms with Crippen LogP contribution < -0.4 is 4.74 Å². The molecule has 0 bridgehead atoms. The first kappa shape index (κ1) is 17.1. The second-order valence-electron chi connectivity index (χ2n) is 5.36. The zero-order valence-corrected chi connectivity index (χ0v) is 14.3. The lowest BCUT2D eigenvalue weighted by Crippen LogP contribution is -2.06. The number of pyridine rings is 1. The minimum atomic E-state index is -0.401. The van der Waals surface area contributed by atoms with E-state index in [1.807, 2.05) is 12.1 Å². The van der Waals surface area contributed by atoms with Crippen molar-refractivity contribution in [3.8, 4) is 5.75 Å². The van der Waals surface area contributed by atoms with Crippen molar-refractivity contribution >= 4 is 40.6 Å². The highest BCUT2D eigenvalue weighted by Crippen LogP contribution is 2.26. The lowest BCUT2D eigenvalue weighted by molar-refractivity contribution is -0.133. The van der Waals surface area contributed by atoms with Crippen LogP contribution in [0, 0.1) is 5.82 Å². The number of fused-ring (bicyclic) bond motifs is 1. The highest BCUT2D eigenvalue weighted by molar-refractivity contribution is 6.32. The van der Waals surface area contributed by atoms with Gasteiger partial charge in [0.2, 0.25) is 0 Å². The summed E-state index contributed by atoms with van der Waals surface area (Å²) in [6.45, 7) is 1.73. The fourth-order valence-corrected chi connectivity index (χ4v) is 2.57. The van der Waals surface area contributed by atoms with Gasteiger partial charge in [-0.1, -0.05) is 42.8 Å². The number of nitrogens with zero attached hydrogens (tertiary/aromatic N) is 1. The smallest absolute Gasteiger partial charge is 0.310 e. The van der Waals surface area contributed by atoms with Crippen molar-refractivity contribution in [2.45, 2.75) is 13.3 Å². The van der Waals surface area contributed by atoms with Gasteiger partial charge >= 0.3 is 5.97 Å². The Bertz CT molecular complexity index is 949. The maximum absolute atomic E-state index is 13.8. The average Bonchev–Trinajstić information content (AvgIpc) is 2.61. The Hall–Kier alpha value is -2.72. The molecule has 5 heteroatoms. The molecule has 2 aromatic carbocycles. The van der Waals surface area contributed by atoms with Crippen LogP contribution in [0.25, 0.3) is 23.1 Å². The van der Waals surface area contributed by atoms with E-state index in [4.69, 9.17) is 16.3 Å². The van der Waals surface area contributed by atoms with Crippen molar-refractivity contribution in [1.29, 1.82) is 0 Å². The summed E-state index contributed by atoms with van der Waals surface area (Å²) in [5.74, 6) is -0.320. The summed E-state index contributed by atoms with van der Waals surface area (Å²) in [6.07, 6.45) is 3.52. The van der Waals surface area contributed by atoms with Crippen LogP contribution in [0.1, 0.15) is 24.6 Å². The Morgan fingerprint density at radius 1 is 1.16 bits per heavy atom. The zero-order chi connectivity index (χ0) is 17.8. The maximum Gasteiger partial charge on any atom is 0.310 e. The maximum atomic E-state index is 13.8. The van der Waals surface area contributed by atoms with Gasteiger partial charge in [-0.2, -0.15) is 0 Å². The van der Waals surface area contributed by atoms with E-state index in [9.17, 15) is 9.18 Å². The van der Waals surface area contributed by atoms with Crippen molar-refractivity contribution < 1.29 is 13.9 Å². The van der Waals surface area contributed by atoms with Crippen molar-refractivity contribution in [2.75, 3.05) is 0 Å². The molecule has 0 aliphatic carbocycles. The molecule has 0 saturated heterocycles. The van der Waals surface area contributed by atoms with Crippen LogP contribution in [-0.2, 0) is 4.79 Å². The highest BCUT2D eigenvalue weighted by Gasteiger charge is 2.08. The molecule has 0 radical (unpaired) electrons. The topological polar surface area (TPSA) is 39.2 Å². The summed E-state index contributed by atoms with van der Waals surface area (Å²) in [7, 11) is 0. The largest absolute Gasteiger partial charge is 0.424 e. The third-order valence-electron chi connectivity index (χ3n) is 3.64. The summed E-state index contributed by atoms with van der Waals surface area (Å²) >= 11 is 6.02. The number of ether oxygens (including phenoxy) is 1. The van der Waals surface area contributed by atoms with Crippen LogP contribution in [0.4, 0.5) is 4.39 Å². The normalized spacial score (nSPS) is 11.2. The van der Waals surface area contributed by atoms with Gasteiger partial charge in [0, 0.05) is 17.4 Å². The lowest BCUT2D eigenvalue weighted by atomic mass is 10.1. The zero-order valence-electron chi connectivity index (χ0n) is 13.5. The number of hydrogen-bond acceptors (Lipinski definition) is 3. The van der Waals surface area contributed by atoms with Crippen LogP contribution in [0.15, 0.2) is 48.5 Å². The van der Waals surface area contributed by atoms with Crippen molar-refractivity contribution in [1.82, 2.24) is 4.98 Å². The molecule has 0 fully saturated rings. The summed E-state index contributed by atoms with van der Waals surface area (Å²) in [6, 6.07) is 13.6. The third-order valence-corrected chi connectivity index (χ3v) is 3.97. The molecule has 3 nitrogen and oxygen atoms in total. The van der Waals surface area contributed by atoms with E-state index in [0.29, 0.717) is 27.5 Å². The Morgan fingerprint density at radius 2 is 1.96 bits per heavy atom. The molecule has 0 atom stereocenters. The Labute approximate surface area is 149 Å². The van der Waals surface area contributed by atoms with Gasteiger partial charge in [-0.05, 0) is 36.4 Å². The van der Waals surface area contributed by atoms with Gasteiger partial charge in [0.1, 0.15) is 11.3 Å². The SMILES string of the molecule is CCC(=O)Oc1cccc2ccc(C=Cc3c(F)cccc3Cl)nc12. The number of hydrogen-bond donors (Lipinski definition) is 0. The van der Waals surface area contributed by atoms with Crippen molar-refractivity contribution in [2.24, 2.45) is 0 Å². The minimum absolute atomic E-state index is 0.280. The first-order chi connectivity index (χ1) is 12.1. The molecular weight excluding hydrogens is 341 g/mol. The quantitative estimate of drug-likeness (QED) is 0.457. The first-order valence-electron chi connectivity index (χ1n) is 7.81. The number of rotatable bonds is 4. The number of carbonyl (C=O) groups excluding carboxylic acids is 1. The van der Waals surface area contributed by atoms with Gasteiger partial charge in [-0.25, -0.2) is 9.37 Å². The molecule has 0 unspecified atom stereocenters. The van der Waals surface area contributed by atoms with E-state index in [1.54, 1.807) is 49.4 Å². The van der Waals surface area contributed by atoms with Crippen LogP contribution >= 0.6 is 11.6 Å². The van der Waals surface area contributed by atoms with Crippen molar-refractivity contribution in [3.63, 3.8) is 0 Å². The fourth-order valence-electron chi connectivity index (χ4n) is 2.34. The summed E-state index contributed by atoms with van der Waals surface area (Å²) in [5.41, 5.74) is 1.48. The van der Waals surface area contributed by atoms with E-state index < -0.39 is 5.82 Å². The van der Waals surface area contributed by atoms with E-state index >= 15 is 0 Å². The molecule has 0 N–H and O–H groups in total. The fraction of sp³-hybridized carbons (Fsp3) is 0.100. The number of benzene rings is 2. The molecule has 1 heterocycles. The number of para-hydroxylation sites is 1. The second-order valence-corrected chi connectivity index (χ2v) is 5.77. The minimum Gasteiger partial charge on any atom is -0.424 e. The number of carbonyl (C=O) groups is 1. The third kappa shape index (κ3) is 3.86. The van der Waals surface area contributed by atoms with Gasteiger partial charge < -0.3 is 4.74 Å². The number of esters is 1. The molecule has 0 aliphatic heterocycles. The predicted molar refractivity (Wildman–Crippen MR) is 98.0 cm³/mol. The Morgan fingerprint density at radius 3 is 2.72 bits per heavy atom. The molecule has 0 saturated carbocycles. The van der Waals surface area contributed by atoms with Crippen LogP contribution in [0.5, 0.6) is 5.75 Å².